The minimum atomic E-state index is -0.931. The van der Waals surface area contributed by atoms with Crippen molar-refractivity contribution in [2.75, 3.05) is 25.1 Å². The van der Waals surface area contributed by atoms with Crippen molar-refractivity contribution in [2.45, 2.75) is 18.9 Å². The van der Waals surface area contributed by atoms with E-state index in [9.17, 15) is 4.79 Å². The third kappa shape index (κ3) is 4.10. The quantitative estimate of drug-likeness (QED) is 0.827. The van der Waals surface area contributed by atoms with Crippen LogP contribution in [-0.2, 0) is 9.53 Å². The van der Waals surface area contributed by atoms with E-state index < -0.39 is 5.97 Å². The van der Waals surface area contributed by atoms with Crippen molar-refractivity contribution >= 4 is 17.7 Å². The number of anilines is 1. The third-order valence-electron chi connectivity index (χ3n) is 3.25. The number of hydrogen-bond acceptors (Lipinski definition) is 3. The molecule has 0 aliphatic carbocycles. The predicted octanol–water partition coefficient (Wildman–Crippen LogP) is 2.40. The standard InChI is InChI=1S/C15H19NO3/c1-16(11-14-3-2-10-19-14)13-7-4-12(5-8-13)6-9-15(17)18/h4-9,14H,2-3,10-11H2,1H3,(H,17,18)/b9-6+. The van der Waals surface area contributed by atoms with E-state index in [1.54, 1.807) is 6.08 Å². The SMILES string of the molecule is CN(CC1CCCO1)c1ccc(/C=C/C(=O)O)cc1. The van der Waals surface area contributed by atoms with Crippen molar-refractivity contribution in [1.82, 2.24) is 0 Å². The smallest absolute Gasteiger partial charge is 0.328 e. The van der Waals surface area contributed by atoms with Crippen molar-refractivity contribution in [3.8, 4) is 0 Å². The molecule has 0 saturated carbocycles. The largest absolute Gasteiger partial charge is 0.478 e. The number of carboxylic acids is 1. The molecule has 4 nitrogen and oxygen atoms in total. The van der Waals surface area contributed by atoms with Crippen molar-refractivity contribution in [1.29, 1.82) is 0 Å². The number of nitrogens with zero attached hydrogens (tertiary/aromatic N) is 1. The topological polar surface area (TPSA) is 49.8 Å². The van der Waals surface area contributed by atoms with E-state index in [0.29, 0.717) is 6.10 Å². The number of aliphatic carboxylic acids is 1. The van der Waals surface area contributed by atoms with Gasteiger partial charge in [-0.25, -0.2) is 4.79 Å². The third-order valence-corrected chi connectivity index (χ3v) is 3.25. The summed E-state index contributed by atoms with van der Waals surface area (Å²) in [4.78, 5) is 12.6. The molecule has 1 N–H and O–H groups in total. The van der Waals surface area contributed by atoms with Gasteiger partial charge in [0.25, 0.3) is 0 Å². The number of carbonyl (C=O) groups is 1. The summed E-state index contributed by atoms with van der Waals surface area (Å²) in [5.74, 6) is -0.931. The summed E-state index contributed by atoms with van der Waals surface area (Å²) >= 11 is 0. The molecule has 1 aliphatic heterocycles. The maximum absolute atomic E-state index is 10.4. The zero-order chi connectivity index (χ0) is 13.7. The van der Waals surface area contributed by atoms with Crippen LogP contribution in [-0.4, -0.2) is 37.4 Å². The maximum Gasteiger partial charge on any atom is 0.328 e. The molecule has 0 bridgehead atoms. The van der Waals surface area contributed by atoms with E-state index in [0.717, 1.165) is 43.3 Å². The molecule has 0 radical (unpaired) electrons. The molecule has 4 heteroatoms. The summed E-state index contributed by atoms with van der Waals surface area (Å²) in [6, 6.07) is 7.83. The molecule has 0 spiro atoms. The monoisotopic (exact) mass is 261 g/mol. The van der Waals surface area contributed by atoms with Gasteiger partial charge in [-0.2, -0.15) is 0 Å². The molecule has 1 atom stereocenters. The molecule has 19 heavy (non-hydrogen) atoms. The lowest BCUT2D eigenvalue weighted by molar-refractivity contribution is -0.131. The Morgan fingerprint density at radius 1 is 1.47 bits per heavy atom. The van der Waals surface area contributed by atoms with Gasteiger partial charge in [0.05, 0.1) is 6.10 Å². The highest BCUT2D eigenvalue weighted by molar-refractivity contribution is 5.85. The molecule has 1 aromatic carbocycles. The molecule has 0 aromatic heterocycles. The second-order valence-electron chi connectivity index (χ2n) is 4.78. The molecule has 1 aromatic rings. The minimum Gasteiger partial charge on any atom is -0.478 e. The average Bonchev–Trinajstić information content (AvgIpc) is 2.89. The highest BCUT2D eigenvalue weighted by atomic mass is 16.5. The van der Waals surface area contributed by atoms with Crippen molar-refractivity contribution in [3.05, 3.63) is 35.9 Å². The van der Waals surface area contributed by atoms with E-state index in [-0.39, 0.29) is 0 Å². The van der Waals surface area contributed by atoms with Gasteiger partial charge in [-0.1, -0.05) is 12.1 Å². The molecule has 2 rings (SSSR count). The van der Waals surface area contributed by atoms with E-state index in [2.05, 4.69) is 4.90 Å². The van der Waals surface area contributed by atoms with Gasteiger partial charge in [-0.05, 0) is 36.6 Å². The molecular weight excluding hydrogens is 242 g/mol. The number of carboxylic acid groups (broad SMARTS) is 1. The number of rotatable bonds is 5. The summed E-state index contributed by atoms with van der Waals surface area (Å²) in [5, 5.41) is 8.57. The lowest BCUT2D eigenvalue weighted by Crippen LogP contribution is -2.28. The Kier molecular flexibility index (Phi) is 4.58. The summed E-state index contributed by atoms with van der Waals surface area (Å²) < 4.78 is 5.62. The Balaban J connectivity index is 1.95. The lowest BCUT2D eigenvalue weighted by atomic mass is 10.1. The van der Waals surface area contributed by atoms with Crippen molar-refractivity contribution < 1.29 is 14.6 Å². The molecule has 0 amide bonds. The van der Waals surface area contributed by atoms with Gasteiger partial charge >= 0.3 is 5.97 Å². The Labute approximate surface area is 113 Å². The van der Waals surface area contributed by atoms with Gasteiger partial charge in [0.1, 0.15) is 0 Å². The van der Waals surface area contributed by atoms with Crippen LogP contribution >= 0.6 is 0 Å². The Morgan fingerprint density at radius 3 is 2.79 bits per heavy atom. The summed E-state index contributed by atoms with van der Waals surface area (Å²) in [6.07, 6.45) is 5.34. The van der Waals surface area contributed by atoms with Gasteiger partial charge in [-0.15, -0.1) is 0 Å². The molecule has 1 fully saturated rings. The number of likely N-dealkylation sites (N-methyl/N-ethyl adjacent to an activating group) is 1. The number of benzene rings is 1. The Morgan fingerprint density at radius 2 is 2.21 bits per heavy atom. The second kappa shape index (κ2) is 6.38. The zero-order valence-electron chi connectivity index (χ0n) is 11.1. The normalized spacial score (nSPS) is 18.9. The summed E-state index contributed by atoms with van der Waals surface area (Å²) in [7, 11) is 2.05. The fourth-order valence-corrected chi connectivity index (χ4v) is 2.21. The van der Waals surface area contributed by atoms with Crippen LogP contribution in [0.5, 0.6) is 0 Å². The zero-order valence-corrected chi connectivity index (χ0v) is 11.1. The van der Waals surface area contributed by atoms with Crippen LogP contribution in [0.25, 0.3) is 6.08 Å². The Hall–Kier alpha value is -1.81. The minimum absolute atomic E-state index is 0.330. The van der Waals surface area contributed by atoms with Gasteiger partial charge < -0.3 is 14.7 Å². The van der Waals surface area contributed by atoms with E-state index in [1.165, 1.54) is 0 Å². The van der Waals surface area contributed by atoms with Crippen molar-refractivity contribution in [2.24, 2.45) is 0 Å². The van der Waals surface area contributed by atoms with Gasteiger partial charge in [0.2, 0.25) is 0 Å². The first-order valence-electron chi connectivity index (χ1n) is 6.49. The Bertz CT molecular complexity index is 447. The van der Waals surface area contributed by atoms with Gasteiger partial charge in [0, 0.05) is 32.0 Å². The molecule has 102 valence electrons. The predicted molar refractivity (Wildman–Crippen MR) is 75.4 cm³/mol. The van der Waals surface area contributed by atoms with E-state index in [4.69, 9.17) is 9.84 Å². The molecule has 1 aliphatic rings. The van der Waals surface area contributed by atoms with E-state index in [1.807, 2.05) is 31.3 Å². The molecule has 1 saturated heterocycles. The molecular formula is C15H19NO3. The fourth-order valence-electron chi connectivity index (χ4n) is 2.21. The summed E-state index contributed by atoms with van der Waals surface area (Å²) in [6.45, 7) is 1.77. The van der Waals surface area contributed by atoms with Crippen LogP contribution in [0.3, 0.4) is 0 Å². The van der Waals surface area contributed by atoms with Crippen LogP contribution in [0.15, 0.2) is 30.3 Å². The maximum atomic E-state index is 10.4. The van der Waals surface area contributed by atoms with Crippen LogP contribution in [0.1, 0.15) is 18.4 Å². The number of hydrogen-bond donors (Lipinski definition) is 1. The second-order valence-corrected chi connectivity index (χ2v) is 4.78. The highest BCUT2D eigenvalue weighted by Gasteiger charge is 2.17. The van der Waals surface area contributed by atoms with E-state index >= 15 is 0 Å². The van der Waals surface area contributed by atoms with Crippen LogP contribution in [0.4, 0.5) is 5.69 Å². The van der Waals surface area contributed by atoms with Crippen LogP contribution in [0.2, 0.25) is 0 Å². The first-order chi connectivity index (χ1) is 9.15. The first kappa shape index (κ1) is 13.6. The van der Waals surface area contributed by atoms with Gasteiger partial charge in [-0.3, -0.25) is 0 Å². The van der Waals surface area contributed by atoms with Crippen LogP contribution in [0, 0.1) is 0 Å². The molecule has 1 heterocycles. The first-order valence-corrected chi connectivity index (χ1v) is 6.49. The average molecular weight is 261 g/mol. The summed E-state index contributed by atoms with van der Waals surface area (Å²) in [5.41, 5.74) is 2.00. The number of ether oxygens (including phenoxy) is 1. The van der Waals surface area contributed by atoms with Crippen LogP contribution < -0.4 is 4.90 Å². The lowest BCUT2D eigenvalue weighted by Gasteiger charge is -2.22. The van der Waals surface area contributed by atoms with Crippen molar-refractivity contribution in [3.63, 3.8) is 0 Å². The fraction of sp³-hybridized carbons (Fsp3) is 0.400. The van der Waals surface area contributed by atoms with Gasteiger partial charge in [0.15, 0.2) is 0 Å². The molecule has 1 unspecified atom stereocenters. The highest BCUT2D eigenvalue weighted by Crippen LogP contribution is 2.18.